The summed E-state index contributed by atoms with van der Waals surface area (Å²) in [6.07, 6.45) is -2.82. The van der Waals surface area contributed by atoms with E-state index in [0.29, 0.717) is 16.8 Å². The number of benzene rings is 3. The summed E-state index contributed by atoms with van der Waals surface area (Å²) in [6.45, 7) is 0. The van der Waals surface area contributed by atoms with E-state index < -0.39 is 22.8 Å². The average Bonchev–Trinajstić information content (AvgIpc) is 3.16. The van der Waals surface area contributed by atoms with Crippen LogP contribution in [-0.2, 0) is 6.18 Å². The number of carbonyl (C=O) groups is 1. The third-order valence-electron chi connectivity index (χ3n) is 4.80. The molecule has 2 amide bonds. The van der Waals surface area contributed by atoms with Gasteiger partial charge in [0.25, 0.3) is 0 Å². The molecular formula is C22H16ClF3N4O2. The van der Waals surface area contributed by atoms with Crippen molar-refractivity contribution in [3.63, 3.8) is 0 Å². The summed E-state index contributed by atoms with van der Waals surface area (Å²) in [4.78, 5) is 12.3. The van der Waals surface area contributed by atoms with Crippen LogP contribution in [0.25, 0.3) is 16.6 Å². The number of hydrogen-bond acceptors (Lipinski definition) is 3. The van der Waals surface area contributed by atoms with Crippen LogP contribution in [0.3, 0.4) is 0 Å². The zero-order chi connectivity index (χ0) is 23.0. The van der Waals surface area contributed by atoms with Crippen molar-refractivity contribution < 1.29 is 23.2 Å². The maximum atomic E-state index is 13.0. The predicted molar refractivity (Wildman–Crippen MR) is 117 cm³/mol. The largest absolute Gasteiger partial charge is 0.417 e. The Morgan fingerprint density at radius 1 is 1.03 bits per heavy atom. The van der Waals surface area contributed by atoms with Crippen molar-refractivity contribution in [3.8, 4) is 5.69 Å². The second-order valence-corrected chi connectivity index (χ2v) is 7.36. The molecule has 1 heterocycles. The molecule has 6 nitrogen and oxygen atoms in total. The smallest absolute Gasteiger partial charge is 0.399 e. The first-order chi connectivity index (χ1) is 15.1. The number of hydrogen-bond donors (Lipinski definition) is 3. The molecule has 1 aromatic heterocycles. The fourth-order valence-electron chi connectivity index (χ4n) is 3.25. The van der Waals surface area contributed by atoms with E-state index in [1.807, 2.05) is 29.0 Å². The topological polar surface area (TPSA) is 83.5 Å². The van der Waals surface area contributed by atoms with Gasteiger partial charge in [-0.2, -0.15) is 18.2 Å². The van der Waals surface area contributed by atoms with E-state index in [1.165, 1.54) is 18.2 Å². The van der Waals surface area contributed by atoms with Crippen LogP contribution in [0.1, 0.15) is 5.56 Å². The molecule has 4 aromatic rings. The van der Waals surface area contributed by atoms with E-state index in [1.54, 1.807) is 18.2 Å². The Kier molecular flexibility index (Phi) is 5.45. The fourth-order valence-corrected chi connectivity index (χ4v) is 3.48. The second kappa shape index (κ2) is 8.10. The molecule has 0 aliphatic rings. The fraction of sp³-hybridized carbons (Fsp3) is 0.0455. The van der Waals surface area contributed by atoms with Gasteiger partial charge in [0.15, 0.2) is 0 Å². The number of amides is 2. The summed E-state index contributed by atoms with van der Waals surface area (Å²) in [5.41, 5.74) is 7.01. The minimum absolute atomic E-state index is 0.122. The molecule has 4 N–H and O–H groups in total. The highest BCUT2D eigenvalue weighted by atomic mass is 35.5. The number of hydroxylamine groups is 1. The molecule has 0 saturated heterocycles. The monoisotopic (exact) mass is 460 g/mol. The lowest BCUT2D eigenvalue weighted by atomic mass is 10.2. The van der Waals surface area contributed by atoms with Crippen LogP contribution in [0, 0.1) is 0 Å². The lowest BCUT2D eigenvalue weighted by Gasteiger charge is -2.17. The molecule has 0 spiro atoms. The van der Waals surface area contributed by atoms with Gasteiger partial charge in [-0.3, -0.25) is 5.21 Å². The molecule has 10 heteroatoms. The van der Waals surface area contributed by atoms with Crippen molar-refractivity contribution in [2.45, 2.75) is 6.18 Å². The Bertz CT molecular complexity index is 1300. The number of nitrogen functional groups attached to an aromatic ring is 1. The Morgan fingerprint density at radius 2 is 1.75 bits per heavy atom. The SMILES string of the molecule is Nc1ccc2c(ccn2-c2ccc(N(O)C(=O)Nc3ccc(Cl)c(C(F)(F)F)c3)cc2)c1. The van der Waals surface area contributed by atoms with E-state index in [-0.39, 0.29) is 11.4 Å². The number of nitrogens with one attached hydrogen (secondary N) is 1. The minimum atomic E-state index is -4.68. The van der Waals surface area contributed by atoms with Crippen LogP contribution >= 0.6 is 11.6 Å². The third kappa shape index (κ3) is 4.20. The zero-order valence-corrected chi connectivity index (χ0v) is 17.0. The van der Waals surface area contributed by atoms with Gasteiger partial charge in [0.05, 0.1) is 21.8 Å². The first-order valence-electron chi connectivity index (χ1n) is 9.27. The third-order valence-corrected chi connectivity index (χ3v) is 5.13. The number of nitrogens with zero attached hydrogens (tertiary/aromatic N) is 2. The number of fused-ring (bicyclic) bond motifs is 1. The molecule has 32 heavy (non-hydrogen) atoms. The van der Waals surface area contributed by atoms with Crippen molar-refractivity contribution in [1.82, 2.24) is 4.57 Å². The van der Waals surface area contributed by atoms with Gasteiger partial charge in [-0.05, 0) is 66.7 Å². The quantitative estimate of drug-likeness (QED) is 0.190. The number of urea groups is 1. The molecule has 4 rings (SSSR count). The Hall–Kier alpha value is -3.69. The van der Waals surface area contributed by atoms with Crippen LogP contribution in [0.2, 0.25) is 5.02 Å². The minimum Gasteiger partial charge on any atom is -0.399 e. The summed E-state index contributed by atoms with van der Waals surface area (Å²) in [7, 11) is 0. The lowest BCUT2D eigenvalue weighted by molar-refractivity contribution is -0.137. The van der Waals surface area contributed by atoms with Crippen molar-refractivity contribution >= 4 is 45.6 Å². The van der Waals surface area contributed by atoms with Crippen LogP contribution in [0.15, 0.2) is 72.9 Å². The molecule has 3 aromatic carbocycles. The van der Waals surface area contributed by atoms with Crippen molar-refractivity contribution in [2.75, 3.05) is 16.1 Å². The number of alkyl halides is 3. The molecule has 164 valence electrons. The number of halogens is 4. The normalized spacial score (nSPS) is 11.5. The van der Waals surface area contributed by atoms with Gasteiger partial charge >= 0.3 is 12.2 Å². The number of rotatable bonds is 3. The van der Waals surface area contributed by atoms with Gasteiger partial charge in [-0.25, -0.2) is 4.79 Å². The van der Waals surface area contributed by atoms with Gasteiger partial charge in [0, 0.05) is 28.6 Å². The highest BCUT2D eigenvalue weighted by molar-refractivity contribution is 6.31. The van der Waals surface area contributed by atoms with E-state index in [2.05, 4.69) is 5.32 Å². The highest BCUT2D eigenvalue weighted by Gasteiger charge is 2.33. The number of aromatic nitrogens is 1. The standard InChI is InChI=1S/C22H16ClF3N4O2/c23-19-7-2-15(12-18(19)22(24,25)26)28-21(31)30(32)17-5-3-16(4-6-17)29-10-9-13-11-14(27)1-8-20(13)29/h1-12,32H,27H2,(H,28,31). The van der Waals surface area contributed by atoms with Gasteiger partial charge in [0.2, 0.25) is 0 Å². The van der Waals surface area contributed by atoms with Gasteiger partial charge in [0.1, 0.15) is 0 Å². The molecule has 0 aliphatic heterocycles. The molecule has 0 bridgehead atoms. The highest BCUT2D eigenvalue weighted by Crippen LogP contribution is 2.36. The predicted octanol–water partition coefficient (Wildman–Crippen LogP) is 6.31. The van der Waals surface area contributed by atoms with Crippen molar-refractivity contribution in [1.29, 1.82) is 0 Å². The second-order valence-electron chi connectivity index (χ2n) is 6.95. The number of nitrogens with two attached hydrogens (primary N) is 1. The van der Waals surface area contributed by atoms with E-state index >= 15 is 0 Å². The molecule has 0 unspecified atom stereocenters. The number of anilines is 3. The lowest BCUT2D eigenvalue weighted by Crippen LogP contribution is -2.31. The van der Waals surface area contributed by atoms with E-state index in [4.69, 9.17) is 17.3 Å². The van der Waals surface area contributed by atoms with E-state index in [9.17, 15) is 23.2 Å². The molecule has 0 aliphatic carbocycles. The molecular weight excluding hydrogens is 445 g/mol. The van der Waals surface area contributed by atoms with Crippen LogP contribution in [-0.4, -0.2) is 15.8 Å². The summed E-state index contributed by atoms with van der Waals surface area (Å²) in [5, 5.41) is 13.2. The molecule has 0 fully saturated rings. The summed E-state index contributed by atoms with van der Waals surface area (Å²) in [6, 6.07) is 15.7. The van der Waals surface area contributed by atoms with Gasteiger partial charge in [-0.15, -0.1) is 0 Å². The van der Waals surface area contributed by atoms with Crippen LogP contribution in [0.5, 0.6) is 0 Å². The van der Waals surface area contributed by atoms with Gasteiger partial charge in [-0.1, -0.05) is 11.6 Å². The zero-order valence-electron chi connectivity index (χ0n) is 16.3. The average molecular weight is 461 g/mol. The summed E-state index contributed by atoms with van der Waals surface area (Å²) in [5.74, 6) is 0. The summed E-state index contributed by atoms with van der Waals surface area (Å²) >= 11 is 5.58. The molecule has 0 radical (unpaired) electrons. The molecule has 0 atom stereocenters. The Balaban J connectivity index is 1.52. The van der Waals surface area contributed by atoms with Crippen molar-refractivity contribution in [3.05, 3.63) is 83.5 Å². The van der Waals surface area contributed by atoms with E-state index in [0.717, 1.165) is 22.7 Å². The summed E-state index contributed by atoms with van der Waals surface area (Å²) < 4.78 is 40.9. The molecule has 0 saturated carbocycles. The first-order valence-corrected chi connectivity index (χ1v) is 9.65. The first kappa shape index (κ1) is 21.5. The number of carbonyl (C=O) groups excluding carboxylic acids is 1. The maximum Gasteiger partial charge on any atom is 0.417 e. The maximum absolute atomic E-state index is 13.0. The Morgan fingerprint density at radius 3 is 2.44 bits per heavy atom. The van der Waals surface area contributed by atoms with Crippen molar-refractivity contribution in [2.24, 2.45) is 0 Å². The van der Waals surface area contributed by atoms with Crippen LogP contribution in [0.4, 0.5) is 35.0 Å². The van der Waals surface area contributed by atoms with Gasteiger partial charge < -0.3 is 15.6 Å². The van der Waals surface area contributed by atoms with Crippen LogP contribution < -0.4 is 16.1 Å². The Labute approximate surface area is 185 Å².